The van der Waals surface area contributed by atoms with Crippen molar-refractivity contribution in [1.29, 1.82) is 0 Å². The maximum atomic E-state index is 12.1. The number of hydrogen-bond acceptors (Lipinski definition) is 2. The predicted octanol–water partition coefficient (Wildman–Crippen LogP) is 4.72. The van der Waals surface area contributed by atoms with Crippen molar-refractivity contribution >= 4 is 46.4 Å². The number of hydrogen-bond donors (Lipinski definition) is 1. The van der Waals surface area contributed by atoms with Gasteiger partial charge < -0.3 is 5.32 Å². The molecule has 0 unspecified atom stereocenters. The Morgan fingerprint density at radius 1 is 1.00 bits per heavy atom. The van der Waals surface area contributed by atoms with Gasteiger partial charge in [0.2, 0.25) is 5.91 Å². The standard InChI is InChI=1S/C16H15Cl3N2O/c1-21(9-11-5-2-3-6-12(11)17)10-15(22)20-16-13(18)7-4-8-14(16)19/h2-8H,9-10H2,1H3,(H,20,22). The Hall–Kier alpha value is -1.26. The van der Waals surface area contributed by atoms with Crippen LogP contribution in [0.2, 0.25) is 15.1 Å². The second-order valence-electron chi connectivity index (χ2n) is 4.91. The number of rotatable bonds is 5. The maximum Gasteiger partial charge on any atom is 0.238 e. The predicted molar refractivity (Wildman–Crippen MR) is 92.9 cm³/mol. The molecular formula is C16H15Cl3N2O. The highest BCUT2D eigenvalue weighted by Crippen LogP contribution is 2.29. The molecule has 116 valence electrons. The average molecular weight is 358 g/mol. The van der Waals surface area contributed by atoms with Crippen LogP contribution in [0, 0.1) is 0 Å². The number of para-hydroxylation sites is 1. The molecule has 0 aromatic heterocycles. The van der Waals surface area contributed by atoms with Crippen molar-refractivity contribution < 1.29 is 4.79 Å². The van der Waals surface area contributed by atoms with E-state index >= 15 is 0 Å². The lowest BCUT2D eigenvalue weighted by Crippen LogP contribution is -2.30. The molecule has 0 aliphatic rings. The van der Waals surface area contributed by atoms with Gasteiger partial charge >= 0.3 is 0 Å². The summed E-state index contributed by atoms with van der Waals surface area (Å²) in [4.78, 5) is 14.0. The van der Waals surface area contributed by atoms with Gasteiger partial charge in [-0.2, -0.15) is 0 Å². The highest BCUT2D eigenvalue weighted by molar-refractivity contribution is 6.39. The van der Waals surface area contributed by atoms with Gasteiger partial charge in [-0.05, 0) is 30.8 Å². The fraction of sp³-hybridized carbons (Fsp3) is 0.188. The Balaban J connectivity index is 1.96. The zero-order valence-corrected chi connectivity index (χ0v) is 14.2. The maximum absolute atomic E-state index is 12.1. The zero-order chi connectivity index (χ0) is 16.1. The molecule has 1 amide bonds. The molecule has 3 nitrogen and oxygen atoms in total. The molecule has 22 heavy (non-hydrogen) atoms. The summed E-state index contributed by atoms with van der Waals surface area (Å²) in [5, 5.41) is 4.24. The molecule has 0 saturated carbocycles. The van der Waals surface area contributed by atoms with Crippen molar-refractivity contribution in [2.75, 3.05) is 18.9 Å². The lowest BCUT2D eigenvalue weighted by Gasteiger charge is -2.17. The molecule has 1 N–H and O–H groups in total. The molecular weight excluding hydrogens is 343 g/mol. The molecule has 0 aliphatic carbocycles. The van der Waals surface area contributed by atoms with Crippen molar-refractivity contribution in [2.45, 2.75) is 6.54 Å². The van der Waals surface area contributed by atoms with Crippen LogP contribution >= 0.6 is 34.8 Å². The SMILES string of the molecule is CN(CC(=O)Nc1c(Cl)cccc1Cl)Cc1ccccc1Cl. The largest absolute Gasteiger partial charge is 0.322 e. The number of nitrogens with zero attached hydrogens (tertiary/aromatic N) is 1. The Labute approximate surface area is 144 Å². The van der Waals surface area contributed by atoms with Gasteiger partial charge in [-0.15, -0.1) is 0 Å². The molecule has 2 aromatic rings. The van der Waals surface area contributed by atoms with Crippen LogP contribution in [0.15, 0.2) is 42.5 Å². The number of halogens is 3. The van der Waals surface area contributed by atoms with Gasteiger partial charge in [0, 0.05) is 11.6 Å². The summed E-state index contributed by atoms with van der Waals surface area (Å²) in [5.41, 5.74) is 1.40. The third-order valence-electron chi connectivity index (χ3n) is 3.04. The number of carbonyl (C=O) groups is 1. The summed E-state index contributed by atoms with van der Waals surface area (Å²) >= 11 is 18.2. The summed E-state index contributed by atoms with van der Waals surface area (Å²) in [6, 6.07) is 12.6. The molecule has 0 heterocycles. The van der Waals surface area contributed by atoms with E-state index in [-0.39, 0.29) is 12.5 Å². The molecule has 2 aromatic carbocycles. The minimum Gasteiger partial charge on any atom is -0.322 e. The molecule has 2 rings (SSSR count). The van der Waals surface area contributed by atoms with Crippen molar-refractivity contribution in [2.24, 2.45) is 0 Å². The number of carbonyl (C=O) groups excluding carboxylic acids is 1. The van der Waals surface area contributed by atoms with Gasteiger partial charge in [-0.25, -0.2) is 0 Å². The van der Waals surface area contributed by atoms with E-state index in [1.807, 2.05) is 36.2 Å². The van der Waals surface area contributed by atoms with E-state index in [2.05, 4.69) is 5.32 Å². The molecule has 0 radical (unpaired) electrons. The summed E-state index contributed by atoms with van der Waals surface area (Å²) in [6.07, 6.45) is 0. The lowest BCUT2D eigenvalue weighted by molar-refractivity contribution is -0.117. The van der Waals surface area contributed by atoms with Crippen LogP contribution in [0.4, 0.5) is 5.69 Å². The summed E-state index contributed by atoms with van der Waals surface area (Å²) in [6.45, 7) is 0.774. The van der Waals surface area contributed by atoms with Crippen LogP contribution in [-0.4, -0.2) is 24.4 Å². The molecule has 6 heteroatoms. The second-order valence-corrected chi connectivity index (χ2v) is 6.13. The van der Waals surface area contributed by atoms with Crippen molar-refractivity contribution in [3.8, 4) is 0 Å². The topological polar surface area (TPSA) is 32.3 Å². The molecule has 0 bridgehead atoms. The number of likely N-dealkylation sites (N-methyl/N-ethyl adjacent to an activating group) is 1. The number of anilines is 1. The van der Waals surface area contributed by atoms with Gasteiger partial charge in [-0.1, -0.05) is 59.1 Å². The smallest absolute Gasteiger partial charge is 0.238 e. The fourth-order valence-corrected chi connectivity index (χ4v) is 2.70. The number of nitrogens with one attached hydrogen (secondary N) is 1. The summed E-state index contributed by atoms with van der Waals surface area (Å²) in [5.74, 6) is -0.190. The van der Waals surface area contributed by atoms with Gasteiger partial charge in [-0.3, -0.25) is 9.69 Å². The fourth-order valence-electron chi connectivity index (χ4n) is 2.01. The highest BCUT2D eigenvalue weighted by atomic mass is 35.5. The number of amides is 1. The van der Waals surface area contributed by atoms with Gasteiger partial charge in [0.05, 0.1) is 22.3 Å². The number of benzene rings is 2. The van der Waals surface area contributed by atoms with Gasteiger partial charge in [0.15, 0.2) is 0 Å². The Morgan fingerprint density at radius 3 is 2.23 bits per heavy atom. The monoisotopic (exact) mass is 356 g/mol. The molecule has 0 saturated heterocycles. The van der Waals surface area contributed by atoms with Gasteiger partial charge in [0.25, 0.3) is 0 Å². The Kier molecular flexibility index (Phi) is 6.09. The minimum atomic E-state index is -0.190. The first kappa shape index (κ1) is 17.1. The van der Waals surface area contributed by atoms with Crippen LogP contribution in [-0.2, 0) is 11.3 Å². The van der Waals surface area contributed by atoms with Crippen LogP contribution in [0.25, 0.3) is 0 Å². The van der Waals surface area contributed by atoms with E-state index in [0.29, 0.717) is 27.3 Å². The third kappa shape index (κ3) is 4.62. The summed E-state index contributed by atoms with van der Waals surface area (Å²) in [7, 11) is 1.84. The van der Waals surface area contributed by atoms with Crippen molar-refractivity contribution in [3.05, 3.63) is 63.1 Å². The van der Waals surface area contributed by atoms with Crippen LogP contribution in [0.3, 0.4) is 0 Å². The van der Waals surface area contributed by atoms with E-state index < -0.39 is 0 Å². The van der Waals surface area contributed by atoms with E-state index in [0.717, 1.165) is 5.56 Å². The van der Waals surface area contributed by atoms with Crippen LogP contribution in [0.5, 0.6) is 0 Å². The second kappa shape index (κ2) is 7.84. The van der Waals surface area contributed by atoms with E-state index in [4.69, 9.17) is 34.8 Å². The van der Waals surface area contributed by atoms with E-state index in [1.165, 1.54) is 0 Å². The van der Waals surface area contributed by atoms with E-state index in [9.17, 15) is 4.79 Å². The minimum absolute atomic E-state index is 0.190. The normalized spacial score (nSPS) is 10.8. The molecule has 0 fully saturated rings. The van der Waals surface area contributed by atoms with Crippen molar-refractivity contribution in [3.63, 3.8) is 0 Å². The molecule has 0 atom stereocenters. The molecule has 0 aliphatic heterocycles. The first-order chi connectivity index (χ1) is 10.5. The van der Waals surface area contributed by atoms with Crippen LogP contribution in [0.1, 0.15) is 5.56 Å². The van der Waals surface area contributed by atoms with Crippen LogP contribution < -0.4 is 5.32 Å². The first-order valence-electron chi connectivity index (χ1n) is 6.63. The lowest BCUT2D eigenvalue weighted by atomic mass is 10.2. The van der Waals surface area contributed by atoms with E-state index in [1.54, 1.807) is 18.2 Å². The summed E-state index contributed by atoms with van der Waals surface area (Å²) < 4.78 is 0. The average Bonchev–Trinajstić information content (AvgIpc) is 2.45. The van der Waals surface area contributed by atoms with Gasteiger partial charge in [0.1, 0.15) is 0 Å². The Morgan fingerprint density at radius 2 is 1.59 bits per heavy atom. The third-order valence-corrected chi connectivity index (χ3v) is 4.04. The highest BCUT2D eigenvalue weighted by Gasteiger charge is 2.12. The first-order valence-corrected chi connectivity index (χ1v) is 7.76. The Bertz CT molecular complexity index is 656. The quantitative estimate of drug-likeness (QED) is 0.840. The molecule has 0 spiro atoms. The zero-order valence-electron chi connectivity index (χ0n) is 11.9. The van der Waals surface area contributed by atoms with Crippen molar-refractivity contribution in [1.82, 2.24) is 4.90 Å².